The highest BCUT2D eigenvalue weighted by Gasteiger charge is 2.32. The Morgan fingerprint density at radius 2 is 1.91 bits per heavy atom. The molecule has 1 atom stereocenters. The lowest BCUT2D eigenvalue weighted by Gasteiger charge is -2.31. The van der Waals surface area contributed by atoms with E-state index in [1.807, 2.05) is 13.8 Å². The fourth-order valence-electron chi connectivity index (χ4n) is 2.31. The third-order valence-electron chi connectivity index (χ3n) is 3.04. The molecule has 1 unspecified atom stereocenters. The minimum atomic E-state index is -4.04. The Balaban J connectivity index is 3.14. The summed E-state index contributed by atoms with van der Waals surface area (Å²) in [6.07, 6.45) is 0.514. The first-order chi connectivity index (χ1) is 10.1. The van der Waals surface area contributed by atoms with Crippen molar-refractivity contribution in [3.8, 4) is 5.75 Å². The SMILES string of the molecule is CC(C)CC(C)(CN)NS(=O)(=O)c1ccccc1OC(F)F. The highest BCUT2D eigenvalue weighted by molar-refractivity contribution is 7.89. The zero-order chi connectivity index (χ0) is 17.0. The molecule has 3 N–H and O–H groups in total. The second-order valence-corrected chi connectivity index (χ2v) is 7.44. The van der Waals surface area contributed by atoms with Gasteiger partial charge in [-0.3, -0.25) is 0 Å². The van der Waals surface area contributed by atoms with Crippen LogP contribution in [0.15, 0.2) is 29.2 Å². The maximum Gasteiger partial charge on any atom is 0.387 e. The Kier molecular flexibility index (Phi) is 6.27. The molecule has 0 spiro atoms. The summed E-state index contributed by atoms with van der Waals surface area (Å²) >= 11 is 0. The fourth-order valence-corrected chi connectivity index (χ4v) is 3.88. The second kappa shape index (κ2) is 7.34. The number of hydrogen-bond acceptors (Lipinski definition) is 4. The molecular formula is C14H22F2N2O3S. The first kappa shape index (κ1) is 18.8. The van der Waals surface area contributed by atoms with Crippen LogP contribution >= 0.6 is 0 Å². The lowest BCUT2D eigenvalue weighted by atomic mass is 9.92. The first-order valence-electron chi connectivity index (χ1n) is 6.87. The van der Waals surface area contributed by atoms with Crippen molar-refractivity contribution in [2.45, 2.75) is 44.2 Å². The summed E-state index contributed by atoms with van der Waals surface area (Å²) in [5.74, 6) is -0.183. The van der Waals surface area contributed by atoms with Crippen LogP contribution in [0.4, 0.5) is 8.78 Å². The summed E-state index contributed by atoms with van der Waals surface area (Å²) in [6, 6.07) is 5.26. The smallest absolute Gasteiger partial charge is 0.387 e. The molecule has 0 saturated carbocycles. The van der Waals surface area contributed by atoms with Crippen LogP contribution in [0.5, 0.6) is 5.75 Å². The molecule has 0 radical (unpaired) electrons. The Hall–Kier alpha value is -1.25. The molecule has 0 bridgehead atoms. The van der Waals surface area contributed by atoms with Gasteiger partial charge in [0.25, 0.3) is 0 Å². The molecule has 0 aliphatic rings. The summed E-state index contributed by atoms with van der Waals surface area (Å²) in [6.45, 7) is 2.54. The molecule has 0 aliphatic heterocycles. The molecule has 126 valence electrons. The molecule has 1 rings (SSSR count). The van der Waals surface area contributed by atoms with Gasteiger partial charge in [0.2, 0.25) is 10.0 Å². The van der Waals surface area contributed by atoms with Gasteiger partial charge in [-0.15, -0.1) is 0 Å². The molecule has 8 heteroatoms. The molecule has 0 heterocycles. The van der Waals surface area contributed by atoms with Gasteiger partial charge in [0, 0.05) is 12.1 Å². The number of halogens is 2. The van der Waals surface area contributed by atoms with E-state index in [1.54, 1.807) is 6.92 Å². The van der Waals surface area contributed by atoms with Gasteiger partial charge in [-0.1, -0.05) is 26.0 Å². The summed E-state index contributed by atoms with van der Waals surface area (Å²) in [4.78, 5) is -0.335. The van der Waals surface area contributed by atoms with Gasteiger partial charge < -0.3 is 10.5 Å². The van der Waals surface area contributed by atoms with Crippen LogP contribution in [0.2, 0.25) is 0 Å². The molecule has 5 nitrogen and oxygen atoms in total. The van der Waals surface area contributed by atoms with Crippen molar-refractivity contribution in [1.29, 1.82) is 0 Å². The van der Waals surface area contributed by atoms with Crippen molar-refractivity contribution >= 4 is 10.0 Å². The average molecular weight is 336 g/mol. The summed E-state index contributed by atoms with van der Waals surface area (Å²) < 4.78 is 56.6. The third-order valence-corrected chi connectivity index (χ3v) is 4.72. The molecule has 0 fully saturated rings. The fraction of sp³-hybridized carbons (Fsp3) is 0.571. The van der Waals surface area contributed by atoms with E-state index >= 15 is 0 Å². The van der Waals surface area contributed by atoms with Crippen LogP contribution in [0.1, 0.15) is 27.2 Å². The molecule has 0 aromatic heterocycles. The van der Waals surface area contributed by atoms with Gasteiger partial charge >= 0.3 is 6.61 Å². The van der Waals surface area contributed by atoms with E-state index in [2.05, 4.69) is 9.46 Å². The van der Waals surface area contributed by atoms with Gasteiger partial charge in [0.05, 0.1) is 0 Å². The first-order valence-corrected chi connectivity index (χ1v) is 8.36. The maximum absolute atomic E-state index is 12.5. The molecule has 1 aromatic carbocycles. The van der Waals surface area contributed by atoms with Crippen LogP contribution < -0.4 is 15.2 Å². The van der Waals surface area contributed by atoms with Crippen LogP contribution in [-0.4, -0.2) is 27.1 Å². The van der Waals surface area contributed by atoms with E-state index in [0.29, 0.717) is 6.42 Å². The number of nitrogens with one attached hydrogen (secondary N) is 1. The van der Waals surface area contributed by atoms with Crippen molar-refractivity contribution in [2.24, 2.45) is 11.7 Å². The number of sulfonamides is 1. The summed E-state index contributed by atoms with van der Waals surface area (Å²) in [5.41, 5.74) is 4.81. The van der Waals surface area contributed by atoms with Crippen molar-refractivity contribution in [1.82, 2.24) is 4.72 Å². The van der Waals surface area contributed by atoms with E-state index in [0.717, 1.165) is 0 Å². The molecule has 0 saturated heterocycles. The van der Waals surface area contributed by atoms with E-state index in [1.165, 1.54) is 24.3 Å². The number of alkyl halides is 2. The number of rotatable bonds is 8. The van der Waals surface area contributed by atoms with E-state index in [9.17, 15) is 17.2 Å². The van der Waals surface area contributed by atoms with E-state index in [-0.39, 0.29) is 17.4 Å². The lowest BCUT2D eigenvalue weighted by molar-refractivity contribution is -0.0517. The Labute approximate surface area is 129 Å². The highest BCUT2D eigenvalue weighted by Crippen LogP contribution is 2.27. The predicted octanol–water partition coefficient (Wildman–Crippen LogP) is 2.33. The van der Waals surface area contributed by atoms with E-state index in [4.69, 9.17) is 5.73 Å². The zero-order valence-electron chi connectivity index (χ0n) is 12.8. The van der Waals surface area contributed by atoms with Gasteiger partial charge in [-0.25, -0.2) is 13.1 Å². The van der Waals surface area contributed by atoms with Crippen molar-refractivity contribution in [2.75, 3.05) is 6.54 Å². The quantitative estimate of drug-likeness (QED) is 0.763. The average Bonchev–Trinajstić information content (AvgIpc) is 2.36. The predicted molar refractivity (Wildman–Crippen MR) is 80.3 cm³/mol. The normalized spacial score (nSPS) is 15.1. The van der Waals surface area contributed by atoms with Gasteiger partial charge in [0.15, 0.2) is 0 Å². The largest absolute Gasteiger partial charge is 0.433 e. The van der Waals surface area contributed by atoms with Crippen LogP contribution in [-0.2, 0) is 10.0 Å². The molecule has 0 amide bonds. The number of hydrogen-bond donors (Lipinski definition) is 2. The van der Waals surface area contributed by atoms with Gasteiger partial charge in [-0.2, -0.15) is 8.78 Å². The van der Waals surface area contributed by atoms with E-state index < -0.39 is 27.9 Å². The van der Waals surface area contributed by atoms with Gasteiger partial charge in [-0.05, 0) is 31.4 Å². The number of para-hydroxylation sites is 1. The zero-order valence-corrected chi connectivity index (χ0v) is 13.7. The second-order valence-electron chi connectivity index (χ2n) is 5.79. The summed E-state index contributed by atoms with van der Waals surface area (Å²) in [7, 11) is -4.04. The third kappa shape index (κ3) is 5.19. The van der Waals surface area contributed by atoms with Crippen molar-refractivity contribution < 1.29 is 21.9 Å². The highest BCUT2D eigenvalue weighted by atomic mass is 32.2. The molecular weight excluding hydrogens is 314 g/mol. The minimum absolute atomic E-state index is 0.0856. The van der Waals surface area contributed by atoms with Crippen LogP contribution in [0, 0.1) is 5.92 Å². The lowest BCUT2D eigenvalue weighted by Crippen LogP contribution is -2.52. The minimum Gasteiger partial charge on any atom is -0.433 e. The standard InChI is InChI=1S/C14H22F2N2O3S/c1-10(2)8-14(3,9-17)18-22(19,20)12-7-5-4-6-11(12)21-13(15)16/h4-7,10,13,18H,8-9,17H2,1-3H3. The maximum atomic E-state index is 12.5. The molecule has 0 aliphatic carbocycles. The summed E-state index contributed by atoms with van der Waals surface area (Å²) in [5, 5.41) is 0. The van der Waals surface area contributed by atoms with Gasteiger partial charge in [0.1, 0.15) is 10.6 Å². The number of benzene rings is 1. The van der Waals surface area contributed by atoms with Crippen molar-refractivity contribution in [3.05, 3.63) is 24.3 Å². The van der Waals surface area contributed by atoms with Crippen LogP contribution in [0.25, 0.3) is 0 Å². The Morgan fingerprint density at radius 1 is 1.32 bits per heavy atom. The Bertz CT molecular complexity index is 594. The van der Waals surface area contributed by atoms with Crippen LogP contribution in [0.3, 0.4) is 0 Å². The molecule has 22 heavy (non-hydrogen) atoms. The number of nitrogens with two attached hydrogens (primary N) is 1. The monoisotopic (exact) mass is 336 g/mol. The topological polar surface area (TPSA) is 81.4 Å². The number of ether oxygens (including phenoxy) is 1. The molecule has 1 aromatic rings. The Morgan fingerprint density at radius 3 is 2.41 bits per heavy atom. The van der Waals surface area contributed by atoms with Crippen molar-refractivity contribution in [3.63, 3.8) is 0 Å².